The Hall–Kier alpha value is -2.04. The molecule has 1 aromatic rings. The number of hydrogen-bond donors (Lipinski definition) is 3. The Bertz CT molecular complexity index is 294. The molecule has 0 heterocycles. The van der Waals surface area contributed by atoms with E-state index in [0.29, 0.717) is 6.42 Å². The molecule has 0 aliphatic rings. The van der Waals surface area contributed by atoms with Gasteiger partial charge in [-0.3, -0.25) is 4.79 Å². The minimum absolute atomic E-state index is 0.286. The predicted octanol–water partition coefficient (Wildman–Crippen LogP) is -0.262. The summed E-state index contributed by atoms with van der Waals surface area (Å²) >= 11 is 0. The number of benzene rings is 1. The highest BCUT2D eigenvalue weighted by Gasteiger charge is 1.94. The van der Waals surface area contributed by atoms with E-state index in [1.54, 1.807) is 0 Å². The van der Waals surface area contributed by atoms with E-state index in [0.717, 1.165) is 5.56 Å². The number of nitrogens with two attached hydrogens (primary N) is 3. The van der Waals surface area contributed by atoms with Crippen molar-refractivity contribution in [3.63, 3.8) is 0 Å². The van der Waals surface area contributed by atoms with Crippen molar-refractivity contribution in [1.29, 1.82) is 0 Å². The highest BCUT2D eigenvalue weighted by atomic mass is 16.2. The zero-order valence-electron chi connectivity index (χ0n) is 7.64. The van der Waals surface area contributed by atoms with Crippen LogP contribution in [0.4, 0.5) is 4.79 Å². The molecule has 0 spiro atoms. The van der Waals surface area contributed by atoms with Crippen molar-refractivity contribution < 1.29 is 9.59 Å². The van der Waals surface area contributed by atoms with E-state index in [1.807, 2.05) is 30.3 Å². The van der Waals surface area contributed by atoms with E-state index >= 15 is 0 Å². The summed E-state index contributed by atoms with van der Waals surface area (Å²) in [4.78, 5) is 19.4. The van der Waals surface area contributed by atoms with Crippen LogP contribution < -0.4 is 17.2 Å². The molecule has 5 nitrogen and oxygen atoms in total. The van der Waals surface area contributed by atoms with Gasteiger partial charge < -0.3 is 17.2 Å². The third-order valence-electron chi connectivity index (χ3n) is 1.22. The quantitative estimate of drug-likeness (QED) is 0.603. The van der Waals surface area contributed by atoms with Crippen LogP contribution in [0.2, 0.25) is 0 Å². The summed E-state index contributed by atoms with van der Waals surface area (Å²) in [6.45, 7) is 0. The van der Waals surface area contributed by atoms with Gasteiger partial charge in [0.25, 0.3) is 0 Å². The molecule has 0 saturated carbocycles. The van der Waals surface area contributed by atoms with Gasteiger partial charge in [0.15, 0.2) is 0 Å². The topological polar surface area (TPSA) is 112 Å². The second-order valence-corrected chi connectivity index (χ2v) is 2.53. The summed E-state index contributed by atoms with van der Waals surface area (Å²) in [6, 6.07) is 8.61. The van der Waals surface area contributed by atoms with Crippen molar-refractivity contribution >= 4 is 11.9 Å². The summed E-state index contributed by atoms with van der Waals surface area (Å²) in [7, 11) is 0. The molecule has 0 aliphatic heterocycles. The predicted molar refractivity (Wildman–Crippen MR) is 53.1 cm³/mol. The number of urea groups is 1. The summed E-state index contributed by atoms with van der Waals surface area (Å²) in [6.07, 6.45) is 0.334. The van der Waals surface area contributed by atoms with E-state index < -0.39 is 6.03 Å². The summed E-state index contributed by atoms with van der Waals surface area (Å²) < 4.78 is 0. The van der Waals surface area contributed by atoms with Gasteiger partial charge in [0.2, 0.25) is 5.91 Å². The Balaban J connectivity index is 0.000000364. The van der Waals surface area contributed by atoms with E-state index in [4.69, 9.17) is 10.5 Å². The van der Waals surface area contributed by atoms with Gasteiger partial charge in [-0.05, 0) is 5.56 Å². The van der Waals surface area contributed by atoms with E-state index in [-0.39, 0.29) is 5.91 Å². The fraction of sp³-hybridized carbons (Fsp3) is 0.111. The molecule has 6 N–H and O–H groups in total. The van der Waals surface area contributed by atoms with Gasteiger partial charge in [0.1, 0.15) is 0 Å². The van der Waals surface area contributed by atoms with Gasteiger partial charge in [0.05, 0.1) is 6.42 Å². The van der Waals surface area contributed by atoms with Crippen LogP contribution in [0.25, 0.3) is 0 Å². The number of carbonyl (C=O) groups excluding carboxylic acids is 2. The molecule has 0 fully saturated rings. The van der Waals surface area contributed by atoms with Gasteiger partial charge in [-0.15, -0.1) is 0 Å². The van der Waals surface area contributed by atoms with Crippen LogP contribution in [-0.4, -0.2) is 11.9 Å². The molecule has 0 atom stereocenters. The fourth-order valence-corrected chi connectivity index (χ4v) is 0.797. The average molecular weight is 195 g/mol. The minimum Gasteiger partial charge on any atom is -0.369 e. The SMILES string of the molecule is NC(=O)Cc1ccccc1.NC(N)=O. The average Bonchev–Trinajstić information content (AvgIpc) is 2.03. The maximum Gasteiger partial charge on any atom is 0.309 e. The van der Waals surface area contributed by atoms with Crippen LogP contribution in [0.5, 0.6) is 0 Å². The summed E-state index contributed by atoms with van der Waals surface area (Å²) in [5.74, 6) is -0.286. The van der Waals surface area contributed by atoms with Crippen LogP contribution in [0, 0.1) is 0 Å². The van der Waals surface area contributed by atoms with Gasteiger partial charge in [-0.1, -0.05) is 30.3 Å². The molecule has 76 valence electrons. The molecule has 0 bridgehead atoms. The molecule has 0 aromatic heterocycles. The molecule has 0 radical (unpaired) electrons. The van der Waals surface area contributed by atoms with Crippen molar-refractivity contribution in [2.45, 2.75) is 6.42 Å². The van der Waals surface area contributed by atoms with E-state index in [1.165, 1.54) is 0 Å². The lowest BCUT2D eigenvalue weighted by molar-refractivity contribution is -0.117. The Kier molecular flexibility index (Phi) is 5.53. The zero-order valence-corrected chi connectivity index (χ0v) is 7.64. The smallest absolute Gasteiger partial charge is 0.309 e. The van der Waals surface area contributed by atoms with Gasteiger partial charge in [-0.2, -0.15) is 0 Å². The van der Waals surface area contributed by atoms with Crippen LogP contribution in [0.3, 0.4) is 0 Å². The second-order valence-electron chi connectivity index (χ2n) is 2.53. The fourth-order valence-electron chi connectivity index (χ4n) is 0.797. The first-order chi connectivity index (χ1) is 6.52. The summed E-state index contributed by atoms with van der Waals surface area (Å²) in [5, 5.41) is 0. The van der Waals surface area contributed by atoms with Crippen molar-refractivity contribution in [2.75, 3.05) is 0 Å². The molecule has 0 saturated heterocycles. The number of carbonyl (C=O) groups is 2. The summed E-state index contributed by atoms with van der Waals surface area (Å²) in [5.41, 5.74) is 14.5. The molecule has 5 heteroatoms. The maximum atomic E-state index is 10.4. The van der Waals surface area contributed by atoms with Crippen LogP contribution >= 0.6 is 0 Å². The number of primary amides is 3. The third kappa shape index (κ3) is 8.06. The van der Waals surface area contributed by atoms with Crippen molar-refractivity contribution in [2.24, 2.45) is 17.2 Å². The Morgan fingerprint density at radius 2 is 1.43 bits per heavy atom. The maximum absolute atomic E-state index is 10.4. The van der Waals surface area contributed by atoms with E-state index in [2.05, 4.69) is 11.5 Å². The van der Waals surface area contributed by atoms with E-state index in [9.17, 15) is 4.79 Å². The van der Waals surface area contributed by atoms with Crippen molar-refractivity contribution in [3.8, 4) is 0 Å². The molecule has 1 aromatic carbocycles. The molecular weight excluding hydrogens is 182 g/mol. The third-order valence-corrected chi connectivity index (χ3v) is 1.22. The molecule has 1 rings (SSSR count). The molecule has 0 aliphatic carbocycles. The Morgan fingerprint density at radius 1 is 1.00 bits per heavy atom. The monoisotopic (exact) mass is 195 g/mol. The Labute approximate surface area is 81.9 Å². The zero-order chi connectivity index (χ0) is 11.0. The minimum atomic E-state index is -0.833. The van der Waals surface area contributed by atoms with Gasteiger partial charge in [-0.25, -0.2) is 4.79 Å². The molecule has 0 unspecified atom stereocenters. The molecule has 3 amide bonds. The lowest BCUT2D eigenvalue weighted by Crippen LogP contribution is -2.18. The van der Waals surface area contributed by atoms with Gasteiger partial charge in [0, 0.05) is 0 Å². The Morgan fingerprint density at radius 3 is 1.79 bits per heavy atom. The second kappa shape index (κ2) is 6.47. The largest absolute Gasteiger partial charge is 0.369 e. The first-order valence-electron chi connectivity index (χ1n) is 3.89. The number of rotatable bonds is 2. The number of hydrogen-bond acceptors (Lipinski definition) is 2. The standard InChI is InChI=1S/C8H9NO.CH4N2O/c9-8(10)6-7-4-2-1-3-5-7;2-1(3)4/h1-5H,6H2,(H2,9,10);(H4,2,3,4). The first kappa shape index (κ1) is 12.0. The highest BCUT2D eigenvalue weighted by Crippen LogP contribution is 1.97. The van der Waals surface area contributed by atoms with Gasteiger partial charge >= 0.3 is 6.03 Å². The first-order valence-corrected chi connectivity index (χ1v) is 3.89. The van der Waals surface area contributed by atoms with Crippen LogP contribution in [-0.2, 0) is 11.2 Å². The highest BCUT2D eigenvalue weighted by molar-refractivity contribution is 5.76. The van der Waals surface area contributed by atoms with Crippen molar-refractivity contribution in [3.05, 3.63) is 35.9 Å². The molecular formula is C9H13N3O2. The van der Waals surface area contributed by atoms with Crippen LogP contribution in [0.15, 0.2) is 30.3 Å². The lowest BCUT2D eigenvalue weighted by Gasteiger charge is -1.93. The number of amides is 3. The normalized spacial score (nSPS) is 8.29. The molecule has 14 heavy (non-hydrogen) atoms. The van der Waals surface area contributed by atoms with Crippen molar-refractivity contribution in [1.82, 2.24) is 0 Å². The van der Waals surface area contributed by atoms with Crippen LogP contribution in [0.1, 0.15) is 5.56 Å². The lowest BCUT2D eigenvalue weighted by atomic mass is 10.1.